The van der Waals surface area contributed by atoms with Crippen LogP contribution in [0.3, 0.4) is 0 Å². The van der Waals surface area contributed by atoms with E-state index in [0.717, 1.165) is 0 Å². The normalized spacial score (nSPS) is 77.3. The van der Waals surface area contributed by atoms with Crippen LogP contribution in [0.4, 0.5) is 0 Å². The van der Waals surface area contributed by atoms with Crippen LogP contribution < -0.4 is 0 Å². The minimum absolute atomic E-state index is 3.04. The van der Waals surface area contributed by atoms with Gasteiger partial charge in [-0.1, -0.05) is 0 Å². The van der Waals surface area contributed by atoms with Crippen molar-refractivity contribution in [3.63, 3.8) is 0 Å². The largest absolute Gasteiger partial charge is 0.377 e. The van der Waals surface area contributed by atoms with Crippen LogP contribution in [0.5, 0.6) is 0 Å². The molecule has 0 aromatic rings. The summed E-state index contributed by atoms with van der Waals surface area (Å²) in [6, 6.07) is 0. The van der Waals surface area contributed by atoms with Gasteiger partial charge in [0.05, 0.1) is 37.2 Å². The maximum atomic E-state index is 7.00. The van der Waals surface area contributed by atoms with Crippen LogP contribution in [0.15, 0.2) is 0 Å². The van der Waals surface area contributed by atoms with E-state index >= 15 is 0 Å². The molecule has 0 aliphatic carbocycles. The van der Waals surface area contributed by atoms with Crippen molar-refractivity contribution in [1.29, 1.82) is 0 Å². The molecular weight excluding hydrogens is 80.0 g/mol. The Hall–Kier alpha value is -0.0800. The second-order valence-electron chi connectivity index (χ2n) is 0.612. The summed E-state index contributed by atoms with van der Waals surface area (Å²) in [5.74, 6) is 0. The molecule has 0 aromatic carbocycles. The Morgan fingerprint density at radius 1 is 1.00 bits per heavy atom. The van der Waals surface area contributed by atoms with Crippen LogP contribution >= 0.6 is 0 Å². The quantitative estimate of drug-likeness (QED) is 0.423. The summed E-state index contributed by atoms with van der Waals surface area (Å²) >= 11 is 0. The molecule has 0 atom stereocenters. The van der Waals surface area contributed by atoms with Gasteiger partial charge in [0.2, 0.25) is 0 Å². The minimum Gasteiger partial charge on any atom is -0.377 e. The van der Waals surface area contributed by atoms with E-state index in [1.165, 1.54) is 0 Å². The molecule has 0 aromatic heterocycles. The predicted octanol–water partition coefficient (Wildman–Crippen LogP) is 0.0332. The molecule has 1 aliphatic heterocycles. The van der Waals surface area contributed by atoms with E-state index in [2.05, 4.69) is 9.47 Å². The van der Waals surface area contributed by atoms with Gasteiger partial charge in [-0.15, -0.1) is 0 Å². The number of hydrogen-bond donors (Lipinski definition) is 0. The van der Waals surface area contributed by atoms with E-state index in [-0.39, 0.29) is 0 Å². The maximum absolute atomic E-state index is 7.00. The fourth-order valence-corrected chi connectivity index (χ4v) is 0.134. The van der Waals surface area contributed by atoms with E-state index in [1.54, 1.807) is 0 Å². The zero-order valence-corrected chi connectivity index (χ0v) is 2.82. The fourth-order valence-electron chi connectivity index (χ4n) is 0.134. The van der Waals surface area contributed by atoms with Gasteiger partial charge < -0.3 is 9.47 Å². The first-order valence-electron chi connectivity index (χ1n) is 5.32. The third kappa shape index (κ3) is 0.954. The van der Waals surface area contributed by atoms with Crippen molar-refractivity contribution >= 4 is 0 Å². The molecule has 1 rings (SSSR count). The first-order valence-corrected chi connectivity index (χ1v) is 1.32. The Morgan fingerprint density at radius 3 is 1.67 bits per heavy atom. The van der Waals surface area contributed by atoms with E-state index in [9.17, 15) is 0 Å². The van der Waals surface area contributed by atoms with Gasteiger partial charge in [0.15, 0.2) is 0 Å². The van der Waals surface area contributed by atoms with Crippen LogP contribution in [-0.2, 0) is 9.47 Å². The lowest BCUT2D eigenvalue weighted by Crippen LogP contribution is -2.16. The van der Waals surface area contributed by atoms with Crippen LogP contribution in [0.1, 0.15) is 11.0 Å². The van der Waals surface area contributed by atoms with Crippen molar-refractivity contribution in [1.82, 2.24) is 0 Å². The summed E-state index contributed by atoms with van der Waals surface area (Å²) < 4.78 is 64.2. The SMILES string of the molecule is [2H]C1([2H])OC([2H])([2H])C([2H])([2H])OC1([2H])[2H]. The van der Waals surface area contributed by atoms with Crippen molar-refractivity contribution < 1.29 is 20.4 Å². The van der Waals surface area contributed by atoms with Gasteiger partial charge in [-0.05, 0) is 0 Å². The molecule has 0 unspecified atom stereocenters. The van der Waals surface area contributed by atoms with Crippen molar-refractivity contribution in [3.05, 3.63) is 0 Å². The van der Waals surface area contributed by atoms with Gasteiger partial charge in [0.25, 0.3) is 0 Å². The lowest BCUT2D eigenvalue weighted by atomic mass is 10.6. The molecule has 36 valence electrons. The highest BCUT2D eigenvalue weighted by atomic mass is 16.6. The molecule has 0 N–H and O–H groups in total. The number of rotatable bonds is 0. The zero-order chi connectivity index (χ0) is 11.4. The van der Waals surface area contributed by atoms with E-state index < -0.39 is 26.2 Å². The van der Waals surface area contributed by atoms with Gasteiger partial charge in [-0.2, -0.15) is 0 Å². The lowest BCUT2D eigenvalue weighted by Gasteiger charge is -2.09. The number of hydrogen-bond acceptors (Lipinski definition) is 2. The molecule has 6 heavy (non-hydrogen) atoms. The fraction of sp³-hybridized carbons (Fsp3) is 1.00. The summed E-state index contributed by atoms with van der Waals surface area (Å²) in [7, 11) is 0. The number of ether oxygens (including phenoxy) is 2. The molecular formula is C4H8O2. The first kappa shape index (κ1) is 0.740. The summed E-state index contributed by atoms with van der Waals surface area (Å²) in [5, 5.41) is 0. The monoisotopic (exact) mass is 96.1 g/mol. The van der Waals surface area contributed by atoms with Gasteiger partial charge in [0, 0.05) is 0 Å². The highest BCUT2D eigenvalue weighted by Gasteiger charge is 1.94. The smallest absolute Gasteiger partial charge is 0.0701 e. The molecule has 0 spiro atoms. The van der Waals surface area contributed by atoms with E-state index in [0.29, 0.717) is 0 Å². The van der Waals surface area contributed by atoms with Gasteiger partial charge in [-0.3, -0.25) is 0 Å². The molecule has 2 heteroatoms. The molecule has 1 fully saturated rings. The molecule has 0 saturated carbocycles. The van der Waals surface area contributed by atoms with Crippen LogP contribution in [0.2, 0.25) is 0 Å². The van der Waals surface area contributed by atoms with Crippen LogP contribution in [0.25, 0.3) is 0 Å². The Bertz CT molecular complexity index is 198. The third-order valence-electron chi connectivity index (χ3n) is 0.287. The second-order valence-corrected chi connectivity index (χ2v) is 0.612. The predicted molar refractivity (Wildman–Crippen MR) is 21.6 cm³/mol. The van der Waals surface area contributed by atoms with Gasteiger partial charge in [0.1, 0.15) is 0 Å². The molecule has 2 nitrogen and oxygen atoms in total. The van der Waals surface area contributed by atoms with E-state index in [1.807, 2.05) is 0 Å². The Morgan fingerprint density at radius 2 is 1.33 bits per heavy atom. The summed E-state index contributed by atoms with van der Waals surface area (Å²) in [6.07, 6.45) is 0. The topological polar surface area (TPSA) is 18.5 Å². The van der Waals surface area contributed by atoms with Crippen molar-refractivity contribution in [3.8, 4) is 0 Å². The first-order chi connectivity index (χ1) is 5.91. The van der Waals surface area contributed by atoms with Gasteiger partial charge >= 0.3 is 0 Å². The molecule has 0 bridgehead atoms. The second kappa shape index (κ2) is 2.16. The maximum Gasteiger partial charge on any atom is 0.0701 e. The Balaban J connectivity index is 3.07. The van der Waals surface area contributed by atoms with Gasteiger partial charge in [-0.25, -0.2) is 0 Å². The van der Waals surface area contributed by atoms with Crippen LogP contribution in [0, 0.1) is 0 Å². The summed E-state index contributed by atoms with van der Waals surface area (Å²) in [4.78, 5) is 0. The zero-order valence-electron chi connectivity index (χ0n) is 10.8. The highest BCUT2D eigenvalue weighted by molar-refractivity contribution is 4.37. The average Bonchev–Trinajstić information content (AvgIpc) is 1.78. The summed E-state index contributed by atoms with van der Waals surface area (Å²) in [6.45, 7) is -12.2. The summed E-state index contributed by atoms with van der Waals surface area (Å²) in [5.41, 5.74) is 0. The van der Waals surface area contributed by atoms with Crippen LogP contribution in [-0.4, -0.2) is 26.2 Å². The lowest BCUT2D eigenvalue weighted by molar-refractivity contribution is -0.0334. The third-order valence-corrected chi connectivity index (χ3v) is 0.287. The minimum atomic E-state index is -3.04. The van der Waals surface area contributed by atoms with Crippen molar-refractivity contribution in [2.45, 2.75) is 0 Å². The Kier molecular flexibility index (Phi) is 0.266. The molecule has 1 saturated heterocycles. The molecule has 0 amide bonds. The Labute approximate surface area is 48.3 Å². The van der Waals surface area contributed by atoms with E-state index in [4.69, 9.17) is 11.0 Å². The van der Waals surface area contributed by atoms with Crippen molar-refractivity contribution in [2.24, 2.45) is 0 Å². The molecule has 1 heterocycles. The molecule has 0 radical (unpaired) electrons. The molecule has 1 aliphatic rings. The van der Waals surface area contributed by atoms with Crippen molar-refractivity contribution in [2.75, 3.05) is 26.2 Å². The highest BCUT2D eigenvalue weighted by Crippen LogP contribution is 1.85. The standard InChI is InChI=1S/C4H8O2/c1-2-6-4-3-5-1/h1-4H2/i1D2,2D2,3D2,4D2. The average molecular weight is 96.2 g/mol.